The molecule has 1 fully saturated rings. The fourth-order valence-electron chi connectivity index (χ4n) is 6.44. The Hall–Kier alpha value is -2.32. The van der Waals surface area contributed by atoms with Crippen LogP contribution in [-0.2, 0) is 24.3 Å². The highest BCUT2D eigenvalue weighted by Crippen LogP contribution is 2.34. The van der Waals surface area contributed by atoms with Gasteiger partial charge in [-0.3, -0.25) is 9.78 Å². The van der Waals surface area contributed by atoms with Gasteiger partial charge in [0.05, 0.1) is 11.7 Å². The van der Waals surface area contributed by atoms with Gasteiger partial charge in [0.25, 0.3) is 0 Å². The van der Waals surface area contributed by atoms with E-state index in [4.69, 9.17) is 5.73 Å². The lowest BCUT2D eigenvalue weighted by molar-refractivity contribution is -0.123. The third kappa shape index (κ3) is 9.37. The smallest absolute Gasteiger partial charge is 0.237 e. The number of pyridine rings is 1. The maximum Gasteiger partial charge on any atom is 0.237 e. The average molecular weight is 549 g/mol. The zero-order valence-electron chi connectivity index (χ0n) is 24.6. The van der Waals surface area contributed by atoms with Crippen molar-refractivity contribution >= 4 is 5.91 Å². The molecule has 7 heteroatoms. The van der Waals surface area contributed by atoms with Crippen LogP contribution in [0.3, 0.4) is 0 Å². The van der Waals surface area contributed by atoms with Crippen molar-refractivity contribution in [3.63, 3.8) is 0 Å². The Labute approximate surface area is 241 Å². The summed E-state index contributed by atoms with van der Waals surface area (Å²) >= 11 is 0. The first-order valence-electron chi connectivity index (χ1n) is 15.8. The van der Waals surface area contributed by atoms with Crippen molar-refractivity contribution in [3.8, 4) is 0 Å². The summed E-state index contributed by atoms with van der Waals surface area (Å²) in [4.78, 5) is 17.6. The minimum Gasteiger partial charge on any atom is -0.351 e. The molecule has 7 nitrogen and oxygen atoms in total. The second kappa shape index (κ2) is 16.8. The molecule has 0 radical (unpaired) electrons. The molecule has 0 bridgehead atoms. The predicted molar refractivity (Wildman–Crippen MR) is 164 cm³/mol. The number of benzene rings is 1. The molecule has 0 spiro atoms. The highest BCUT2D eigenvalue weighted by Gasteiger charge is 2.25. The van der Waals surface area contributed by atoms with Crippen molar-refractivity contribution in [2.24, 2.45) is 11.7 Å². The standard InChI is InChI=1S/C33H52N6O/c1-25-10-2-3-14-31(25)37-21-9-19-35-22-27-16-17-30-26(11-8-13-29(27)30)23-39-33(40)32(15-4-6-18-34)38-24-28-12-5-7-20-36-28/h5,7-8,11-13,20,25,27,31-32,35,37-38H,2-4,6,9-10,14-19,21-24,34H2,1H3,(H,39,40)/t25-,27?,31?,32+/m1/s1. The van der Waals surface area contributed by atoms with E-state index >= 15 is 0 Å². The highest BCUT2D eigenvalue weighted by molar-refractivity contribution is 5.81. The van der Waals surface area contributed by atoms with Crippen molar-refractivity contribution < 1.29 is 4.79 Å². The molecule has 6 N–H and O–H groups in total. The zero-order chi connectivity index (χ0) is 28.0. The van der Waals surface area contributed by atoms with Gasteiger partial charge in [-0.15, -0.1) is 0 Å². The van der Waals surface area contributed by atoms with E-state index < -0.39 is 0 Å². The molecule has 1 amide bonds. The van der Waals surface area contributed by atoms with Gasteiger partial charge in [0, 0.05) is 31.9 Å². The van der Waals surface area contributed by atoms with Gasteiger partial charge in [-0.05, 0) is 105 Å². The van der Waals surface area contributed by atoms with E-state index in [2.05, 4.69) is 51.4 Å². The summed E-state index contributed by atoms with van der Waals surface area (Å²) in [6.07, 6.45) is 13.3. The molecule has 1 saturated carbocycles. The summed E-state index contributed by atoms with van der Waals surface area (Å²) in [5.41, 5.74) is 10.8. The summed E-state index contributed by atoms with van der Waals surface area (Å²) in [6, 6.07) is 13.0. The third-order valence-electron chi connectivity index (χ3n) is 8.90. The van der Waals surface area contributed by atoms with Crippen LogP contribution in [0.15, 0.2) is 42.6 Å². The van der Waals surface area contributed by atoms with Crippen LogP contribution in [-0.4, -0.2) is 49.2 Å². The van der Waals surface area contributed by atoms with E-state index in [0.717, 1.165) is 56.9 Å². The first-order chi connectivity index (χ1) is 19.7. The molecule has 4 atom stereocenters. The minimum atomic E-state index is -0.252. The van der Waals surface area contributed by atoms with Gasteiger partial charge in [-0.25, -0.2) is 0 Å². The number of aromatic nitrogens is 1. The zero-order valence-corrected chi connectivity index (χ0v) is 24.6. The number of carbonyl (C=O) groups excluding carboxylic acids is 1. The fourth-order valence-corrected chi connectivity index (χ4v) is 6.44. The Morgan fingerprint density at radius 2 is 1.93 bits per heavy atom. The quantitative estimate of drug-likeness (QED) is 0.190. The summed E-state index contributed by atoms with van der Waals surface area (Å²) in [5.74, 6) is 1.43. The highest BCUT2D eigenvalue weighted by atomic mass is 16.2. The Bertz CT molecular complexity index is 1020. The van der Waals surface area contributed by atoms with Crippen LogP contribution in [0.1, 0.15) is 93.0 Å². The lowest BCUT2D eigenvalue weighted by Gasteiger charge is -2.29. The number of amides is 1. The number of rotatable bonds is 17. The van der Waals surface area contributed by atoms with Crippen LogP contribution in [0, 0.1) is 5.92 Å². The van der Waals surface area contributed by atoms with E-state index in [0.29, 0.717) is 31.6 Å². The molecule has 1 aromatic carbocycles. The normalized spacial score (nSPS) is 21.2. The minimum absolute atomic E-state index is 0.0537. The first-order valence-corrected chi connectivity index (χ1v) is 15.8. The molecule has 2 unspecified atom stereocenters. The monoisotopic (exact) mass is 548 g/mol. The van der Waals surface area contributed by atoms with E-state index in [1.807, 2.05) is 18.2 Å². The number of hydrogen-bond acceptors (Lipinski definition) is 6. The van der Waals surface area contributed by atoms with Gasteiger partial charge in [-0.1, -0.05) is 50.5 Å². The Kier molecular flexibility index (Phi) is 12.9. The van der Waals surface area contributed by atoms with Gasteiger partial charge in [-0.2, -0.15) is 0 Å². The molecule has 40 heavy (non-hydrogen) atoms. The predicted octanol–water partition coefficient (Wildman–Crippen LogP) is 4.16. The number of nitrogens with zero attached hydrogens (tertiary/aromatic N) is 1. The lowest BCUT2D eigenvalue weighted by atomic mass is 9.86. The molecule has 1 heterocycles. The van der Waals surface area contributed by atoms with Gasteiger partial charge in [0.15, 0.2) is 0 Å². The van der Waals surface area contributed by atoms with E-state index in [-0.39, 0.29) is 11.9 Å². The number of unbranched alkanes of at least 4 members (excludes halogenated alkanes) is 1. The second-order valence-electron chi connectivity index (χ2n) is 11.9. The lowest BCUT2D eigenvalue weighted by Crippen LogP contribution is -2.43. The van der Waals surface area contributed by atoms with Crippen molar-refractivity contribution in [1.29, 1.82) is 0 Å². The van der Waals surface area contributed by atoms with Crippen LogP contribution < -0.4 is 27.0 Å². The summed E-state index contributed by atoms with van der Waals surface area (Å²) < 4.78 is 0. The largest absolute Gasteiger partial charge is 0.351 e. The van der Waals surface area contributed by atoms with Gasteiger partial charge >= 0.3 is 0 Å². The number of nitrogens with one attached hydrogen (secondary N) is 4. The van der Waals surface area contributed by atoms with Crippen LogP contribution in [0.25, 0.3) is 0 Å². The maximum atomic E-state index is 13.2. The van der Waals surface area contributed by atoms with Gasteiger partial charge in [0.2, 0.25) is 5.91 Å². The summed E-state index contributed by atoms with van der Waals surface area (Å²) in [7, 11) is 0. The number of nitrogens with two attached hydrogens (primary N) is 1. The topological polar surface area (TPSA) is 104 Å². The number of hydrogen-bond donors (Lipinski definition) is 5. The Morgan fingerprint density at radius 1 is 1.02 bits per heavy atom. The van der Waals surface area contributed by atoms with E-state index in [1.165, 1.54) is 55.2 Å². The van der Waals surface area contributed by atoms with Crippen LogP contribution in [0.5, 0.6) is 0 Å². The maximum absolute atomic E-state index is 13.2. The molecule has 0 saturated heterocycles. The van der Waals surface area contributed by atoms with Gasteiger partial charge < -0.3 is 27.0 Å². The van der Waals surface area contributed by atoms with E-state index in [1.54, 1.807) is 6.20 Å². The van der Waals surface area contributed by atoms with Crippen LogP contribution >= 0.6 is 0 Å². The molecule has 2 aromatic rings. The molecule has 2 aliphatic rings. The Morgan fingerprint density at radius 3 is 2.75 bits per heavy atom. The van der Waals surface area contributed by atoms with Crippen molar-refractivity contribution in [2.75, 3.05) is 26.2 Å². The molecular weight excluding hydrogens is 496 g/mol. The third-order valence-corrected chi connectivity index (χ3v) is 8.90. The molecule has 1 aromatic heterocycles. The van der Waals surface area contributed by atoms with Crippen molar-refractivity contribution in [2.45, 2.75) is 102 Å². The molecule has 4 rings (SSSR count). The van der Waals surface area contributed by atoms with Crippen molar-refractivity contribution in [1.82, 2.24) is 26.3 Å². The average Bonchev–Trinajstić information content (AvgIpc) is 3.40. The molecule has 0 aliphatic heterocycles. The molecule has 220 valence electrons. The summed E-state index contributed by atoms with van der Waals surface area (Å²) in [5, 5.41) is 14.2. The first kappa shape index (κ1) is 30.6. The fraction of sp³-hybridized carbons (Fsp3) is 0.636. The number of carbonyl (C=O) groups is 1. The summed E-state index contributed by atoms with van der Waals surface area (Å²) in [6.45, 7) is 7.40. The van der Waals surface area contributed by atoms with Crippen LogP contribution in [0.4, 0.5) is 0 Å². The van der Waals surface area contributed by atoms with Crippen LogP contribution in [0.2, 0.25) is 0 Å². The molecular formula is C33H52N6O. The second-order valence-corrected chi connectivity index (χ2v) is 11.9. The van der Waals surface area contributed by atoms with Crippen molar-refractivity contribution in [3.05, 3.63) is 65.0 Å². The SMILES string of the molecule is C[C@@H]1CCCCC1NCCCNCC1CCc2c(CNC(=O)[C@H](CCCCN)NCc3ccccn3)cccc21. The molecule has 2 aliphatic carbocycles. The number of fused-ring (bicyclic) bond motifs is 1. The van der Waals surface area contributed by atoms with E-state index in [9.17, 15) is 4.79 Å². The van der Waals surface area contributed by atoms with Gasteiger partial charge in [0.1, 0.15) is 0 Å². The Balaban J connectivity index is 1.21.